The highest BCUT2D eigenvalue weighted by Gasteiger charge is 2.52. The van der Waals surface area contributed by atoms with Crippen LogP contribution in [0, 0.1) is 0 Å². The Balaban J connectivity index is 1.94. The molecule has 2 aliphatic rings. The summed E-state index contributed by atoms with van der Waals surface area (Å²) in [6, 6.07) is 6.65. The highest BCUT2D eigenvalue weighted by Crippen LogP contribution is 2.41. The van der Waals surface area contributed by atoms with E-state index >= 15 is 0 Å². The number of ether oxygens (including phenoxy) is 1. The lowest BCUT2D eigenvalue weighted by atomic mass is 9.75. The molecule has 0 atom stereocenters. The summed E-state index contributed by atoms with van der Waals surface area (Å²) in [6.07, 6.45) is 2.60. The second-order valence-corrected chi connectivity index (χ2v) is 7.25. The number of benzene rings is 1. The maximum atomic E-state index is 6.21. The van der Waals surface area contributed by atoms with Crippen LogP contribution in [-0.4, -0.2) is 25.4 Å². The Hall–Kier alpha value is -0.835. The monoisotopic (exact) mass is 288 g/mol. The van der Waals surface area contributed by atoms with Gasteiger partial charge in [-0.3, -0.25) is 0 Å². The molecule has 2 fully saturated rings. The molecule has 3 rings (SSSR count). The van der Waals surface area contributed by atoms with Crippen LogP contribution in [0.1, 0.15) is 57.6 Å². The molecule has 4 heteroatoms. The van der Waals surface area contributed by atoms with Crippen molar-refractivity contribution in [1.82, 2.24) is 0 Å². The molecular formula is C17H25BO3. The van der Waals surface area contributed by atoms with Crippen molar-refractivity contribution < 1.29 is 14.0 Å². The van der Waals surface area contributed by atoms with Gasteiger partial charge in [0.15, 0.2) is 0 Å². The Morgan fingerprint density at radius 1 is 1.14 bits per heavy atom. The van der Waals surface area contributed by atoms with Gasteiger partial charge in [-0.1, -0.05) is 18.2 Å². The van der Waals surface area contributed by atoms with Crippen molar-refractivity contribution in [2.24, 2.45) is 0 Å². The third kappa shape index (κ3) is 2.77. The fraction of sp³-hybridized carbons (Fsp3) is 0.647. The molecule has 21 heavy (non-hydrogen) atoms. The largest absolute Gasteiger partial charge is 0.495 e. The zero-order chi connectivity index (χ0) is 15.3. The molecule has 0 radical (unpaired) electrons. The first kappa shape index (κ1) is 15.1. The third-order valence-electron chi connectivity index (χ3n) is 5.03. The molecule has 1 aromatic carbocycles. The van der Waals surface area contributed by atoms with E-state index in [1.54, 1.807) is 7.11 Å². The second-order valence-electron chi connectivity index (χ2n) is 7.25. The molecule has 1 saturated heterocycles. The van der Waals surface area contributed by atoms with Crippen LogP contribution in [0.25, 0.3) is 0 Å². The smallest absolute Gasteiger partial charge is 0.399 e. The number of hydrogen-bond acceptors (Lipinski definition) is 3. The topological polar surface area (TPSA) is 27.7 Å². The van der Waals surface area contributed by atoms with Crippen LogP contribution in [0.15, 0.2) is 18.2 Å². The summed E-state index contributed by atoms with van der Waals surface area (Å²) < 4.78 is 17.8. The SMILES string of the molecule is COCc1ccc(C2CC2)cc1B1OC(C)(C)C(C)(C)O1. The van der Waals surface area contributed by atoms with Gasteiger partial charge in [0, 0.05) is 7.11 Å². The number of rotatable bonds is 4. The summed E-state index contributed by atoms with van der Waals surface area (Å²) in [4.78, 5) is 0. The second kappa shape index (κ2) is 5.11. The summed E-state index contributed by atoms with van der Waals surface area (Å²) >= 11 is 0. The molecule has 1 aromatic rings. The first-order valence-corrected chi connectivity index (χ1v) is 7.81. The van der Waals surface area contributed by atoms with Crippen molar-refractivity contribution in [3.8, 4) is 0 Å². The highest BCUT2D eigenvalue weighted by molar-refractivity contribution is 6.62. The first-order valence-electron chi connectivity index (χ1n) is 7.81. The van der Waals surface area contributed by atoms with Crippen molar-refractivity contribution in [3.63, 3.8) is 0 Å². The van der Waals surface area contributed by atoms with E-state index in [0.29, 0.717) is 6.61 Å². The maximum Gasteiger partial charge on any atom is 0.495 e. The molecule has 0 N–H and O–H groups in total. The zero-order valence-electron chi connectivity index (χ0n) is 13.7. The van der Waals surface area contributed by atoms with Crippen LogP contribution >= 0.6 is 0 Å². The fourth-order valence-electron chi connectivity index (χ4n) is 2.76. The van der Waals surface area contributed by atoms with Gasteiger partial charge in [-0.05, 0) is 63.0 Å². The van der Waals surface area contributed by atoms with Crippen molar-refractivity contribution >= 4 is 12.6 Å². The van der Waals surface area contributed by atoms with Crippen molar-refractivity contribution in [1.29, 1.82) is 0 Å². The summed E-state index contributed by atoms with van der Waals surface area (Å²) in [6.45, 7) is 8.95. The molecule has 3 nitrogen and oxygen atoms in total. The Labute approximate surface area is 128 Å². The van der Waals surface area contributed by atoms with E-state index in [1.165, 1.54) is 18.4 Å². The van der Waals surface area contributed by atoms with Gasteiger partial charge in [0.2, 0.25) is 0 Å². The third-order valence-corrected chi connectivity index (χ3v) is 5.03. The molecule has 0 unspecified atom stereocenters. The lowest BCUT2D eigenvalue weighted by molar-refractivity contribution is 0.00578. The molecule has 1 aliphatic heterocycles. The van der Waals surface area contributed by atoms with Crippen molar-refractivity contribution in [3.05, 3.63) is 29.3 Å². The van der Waals surface area contributed by atoms with Crippen LogP contribution in [0.2, 0.25) is 0 Å². The molecular weight excluding hydrogens is 263 g/mol. The van der Waals surface area contributed by atoms with Gasteiger partial charge in [-0.15, -0.1) is 0 Å². The lowest BCUT2D eigenvalue weighted by Gasteiger charge is -2.32. The lowest BCUT2D eigenvalue weighted by Crippen LogP contribution is -2.41. The van der Waals surface area contributed by atoms with Gasteiger partial charge in [-0.25, -0.2) is 0 Å². The number of hydrogen-bond donors (Lipinski definition) is 0. The van der Waals surface area contributed by atoms with Crippen LogP contribution in [0.5, 0.6) is 0 Å². The van der Waals surface area contributed by atoms with Crippen molar-refractivity contribution in [2.45, 2.75) is 64.3 Å². The fourth-order valence-corrected chi connectivity index (χ4v) is 2.76. The van der Waals surface area contributed by atoms with Crippen molar-refractivity contribution in [2.75, 3.05) is 7.11 Å². The number of methoxy groups -OCH3 is 1. The minimum Gasteiger partial charge on any atom is -0.399 e. The minimum atomic E-state index is -0.308. The van der Waals surface area contributed by atoms with E-state index < -0.39 is 0 Å². The van der Waals surface area contributed by atoms with Gasteiger partial charge < -0.3 is 14.0 Å². The average molecular weight is 288 g/mol. The van der Waals surface area contributed by atoms with E-state index in [9.17, 15) is 0 Å². The Kier molecular flexibility index (Phi) is 3.67. The average Bonchev–Trinajstić information content (AvgIpc) is 3.19. The molecule has 114 valence electrons. The predicted molar refractivity (Wildman–Crippen MR) is 84.8 cm³/mol. The quantitative estimate of drug-likeness (QED) is 0.797. The standard InChI is InChI=1S/C17H25BO3/c1-16(2)17(3,4)21-18(20-16)15-10-13(12-6-7-12)8-9-14(15)11-19-5/h8-10,12H,6-7,11H2,1-5H3. The molecule has 0 spiro atoms. The molecule has 1 heterocycles. The predicted octanol–water partition coefficient (Wildman–Crippen LogP) is 3.01. The summed E-state index contributed by atoms with van der Waals surface area (Å²) in [5.74, 6) is 0.725. The zero-order valence-corrected chi connectivity index (χ0v) is 13.7. The Morgan fingerprint density at radius 3 is 2.29 bits per heavy atom. The first-order chi connectivity index (χ1) is 9.84. The summed E-state index contributed by atoms with van der Waals surface area (Å²) in [7, 11) is 1.42. The van der Waals surface area contributed by atoms with E-state index in [1.807, 2.05) is 0 Å². The van der Waals surface area contributed by atoms with Gasteiger partial charge in [0.1, 0.15) is 0 Å². The van der Waals surface area contributed by atoms with Gasteiger partial charge in [0.25, 0.3) is 0 Å². The summed E-state index contributed by atoms with van der Waals surface area (Å²) in [5.41, 5.74) is 3.06. The Bertz CT molecular complexity index is 519. The maximum absolute atomic E-state index is 6.21. The van der Waals surface area contributed by atoms with E-state index in [0.717, 1.165) is 16.9 Å². The molecule has 0 amide bonds. The van der Waals surface area contributed by atoms with Gasteiger partial charge in [0.05, 0.1) is 17.8 Å². The van der Waals surface area contributed by atoms with Crippen LogP contribution in [0.4, 0.5) is 0 Å². The van der Waals surface area contributed by atoms with Crippen LogP contribution in [0.3, 0.4) is 0 Å². The van der Waals surface area contributed by atoms with Crippen LogP contribution < -0.4 is 5.46 Å². The van der Waals surface area contributed by atoms with Gasteiger partial charge in [-0.2, -0.15) is 0 Å². The molecule has 1 aliphatic carbocycles. The van der Waals surface area contributed by atoms with E-state index in [4.69, 9.17) is 14.0 Å². The molecule has 0 aromatic heterocycles. The van der Waals surface area contributed by atoms with Gasteiger partial charge >= 0.3 is 7.12 Å². The molecule has 1 saturated carbocycles. The normalized spacial score (nSPS) is 23.6. The summed E-state index contributed by atoms with van der Waals surface area (Å²) in [5, 5.41) is 0. The highest BCUT2D eigenvalue weighted by atomic mass is 16.7. The minimum absolute atomic E-state index is 0.307. The van der Waals surface area contributed by atoms with E-state index in [-0.39, 0.29) is 18.3 Å². The van der Waals surface area contributed by atoms with Crippen LogP contribution in [-0.2, 0) is 20.7 Å². The Morgan fingerprint density at radius 2 is 1.76 bits per heavy atom. The molecule has 0 bridgehead atoms. The van der Waals surface area contributed by atoms with E-state index in [2.05, 4.69) is 45.9 Å².